The molecule has 0 saturated carbocycles. The normalized spacial score (nSPS) is 10.0. The molecule has 2 aromatic heterocycles. The summed E-state index contributed by atoms with van der Waals surface area (Å²) in [5.41, 5.74) is 6.01. The molecule has 0 aliphatic heterocycles. The highest BCUT2D eigenvalue weighted by Crippen LogP contribution is 2.20. The van der Waals surface area contributed by atoms with Crippen LogP contribution >= 0.6 is 11.8 Å². The first-order valence-corrected chi connectivity index (χ1v) is 4.67. The zero-order valence-corrected chi connectivity index (χ0v) is 7.98. The van der Waals surface area contributed by atoms with Crippen LogP contribution in [0.4, 0.5) is 5.69 Å². The summed E-state index contributed by atoms with van der Waals surface area (Å²) in [4.78, 5) is 16.1. The summed E-state index contributed by atoms with van der Waals surface area (Å²) in [7, 11) is 0. The van der Waals surface area contributed by atoms with Crippen molar-refractivity contribution < 1.29 is 0 Å². The van der Waals surface area contributed by atoms with Crippen molar-refractivity contribution in [2.24, 2.45) is 0 Å². The van der Waals surface area contributed by atoms with Crippen LogP contribution in [-0.4, -0.2) is 19.9 Å². The second-order valence-corrected chi connectivity index (χ2v) is 3.43. The number of nitrogens with two attached hydrogens (primary N) is 1. The van der Waals surface area contributed by atoms with Gasteiger partial charge < -0.3 is 5.73 Å². The molecule has 2 rings (SSSR count). The minimum atomic E-state index is 0.550. The van der Waals surface area contributed by atoms with Gasteiger partial charge in [0, 0.05) is 12.4 Å². The van der Waals surface area contributed by atoms with Gasteiger partial charge in [-0.1, -0.05) is 0 Å². The van der Waals surface area contributed by atoms with E-state index in [1.54, 1.807) is 31.0 Å². The van der Waals surface area contributed by atoms with Crippen molar-refractivity contribution in [1.82, 2.24) is 19.9 Å². The van der Waals surface area contributed by atoms with Gasteiger partial charge in [-0.2, -0.15) is 0 Å². The van der Waals surface area contributed by atoms with E-state index in [2.05, 4.69) is 19.9 Å². The lowest BCUT2D eigenvalue weighted by Crippen LogP contribution is -1.91. The van der Waals surface area contributed by atoms with E-state index in [1.165, 1.54) is 11.8 Å². The molecule has 14 heavy (non-hydrogen) atoms. The number of hydrogen-bond donors (Lipinski definition) is 1. The standard InChI is InChI=1S/C8H7N5S/c9-6-3-12-8(13-4-6)14-7-5-10-1-2-11-7/h1-5H,9H2. The van der Waals surface area contributed by atoms with E-state index in [0.717, 1.165) is 5.03 Å². The number of rotatable bonds is 2. The van der Waals surface area contributed by atoms with Crippen molar-refractivity contribution >= 4 is 17.4 Å². The SMILES string of the molecule is Nc1cnc(Sc2cnccn2)nc1. The molecule has 2 heterocycles. The number of nitrogens with zero attached hydrogens (tertiary/aromatic N) is 4. The molecule has 0 atom stereocenters. The fourth-order valence-corrected chi connectivity index (χ4v) is 1.44. The molecule has 70 valence electrons. The molecule has 0 aliphatic carbocycles. The second kappa shape index (κ2) is 4.01. The molecule has 0 unspecified atom stereocenters. The molecule has 0 fully saturated rings. The average Bonchev–Trinajstić information content (AvgIpc) is 2.23. The van der Waals surface area contributed by atoms with Crippen LogP contribution in [0.3, 0.4) is 0 Å². The fraction of sp³-hybridized carbons (Fsp3) is 0. The maximum Gasteiger partial charge on any atom is 0.194 e. The summed E-state index contributed by atoms with van der Waals surface area (Å²) in [5.74, 6) is 0. The zero-order chi connectivity index (χ0) is 9.80. The van der Waals surface area contributed by atoms with E-state index in [-0.39, 0.29) is 0 Å². The Balaban J connectivity index is 2.16. The maximum atomic E-state index is 5.46. The lowest BCUT2D eigenvalue weighted by Gasteiger charge is -1.97. The highest BCUT2D eigenvalue weighted by atomic mass is 32.2. The predicted molar refractivity (Wildman–Crippen MR) is 52.6 cm³/mol. The van der Waals surface area contributed by atoms with Gasteiger partial charge >= 0.3 is 0 Å². The Hall–Kier alpha value is -1.69. The third kappa shape index (κ3) is 2.17. The van der Waals surface area contributed by atoms with Crippen molar-refractivity contribution in [2.45, 2.75) is 10.2 Å². The summed E-state index contributed by atoms with van der Waals surface area (Å²) < 4.78 is 0. The van der Waals surface area contributed by atoms with Gasteiger partial charge in [-0.05, 0) is 11.8 Å². The Morgan fingerprint density at radius 1 is 1.00 bits per heavy atom. The van der Waals surface area contributed by atoms with Crippen LogP contribution in [0.5, 0.6) is 0 Å². The lowest BCUT2D eigenvalue weighted by atomic mass is 10.6. The van der Waals surface area contributed by atoms with Gasteiger partial charge in [0.25, 0.3) is 0 Å². The first-order chi connectivity index (χ1) is 6.84. The molecule has 0 bridgehead atoms. The topological polar surface area (TPSA) is 77.6 Å². The quantitative estimate of drug-likeness (QED) is 0.737. The zero-order valence-electron chi connectivity index (χ0n) is 7.16. The molecule has 0 spiro atoms. The van der Waals surface area contributed by atoms with E-state index in [0.29, 0.717) is 10.8 Å². The van der Waals surface area contributed by atoms with Gasteiger partial charge in [0.05, 0.1) is 24.3 Å². The van der Waals surface area contributed by atoms with Gasteiger partial charge in [0.2, 0.25) is 0 Å². The molecule has 0 aliphatic rings. The molecule has 5 nitrogen and oxygen atoms in total. The van der Waals surface area contributed by atoms with Crippen molar-refractivity contribution in [3.63, 3.8) is 0 Å². The van der Waals surface area contributed by atoms with Crippen molar-refractivity contribution in [3.05, 3.63) is 31.0 Å². The van der Waals surface area contributed by atoms with Gasteiger partial charge in [0.1, 0.15) is 5.03 Å². The number of hydrogen-bond acceptors (Lipinski definition) is 6. The first kappa shape index (κ1) is 8.89. The van der Waals surface area contributed by atoms with Crippen molar-refractivity contribution in [3.8, 4) is 0 Å². The summed E-state index contributed by atoms with van der Waals surface area (Å²) >= 11 is 1.34. The number of nitrogen functional groups attached to an aromatic ring is 1. The summed E-state index contributed by atoms with van der Waals surface area (Å²) in [6, 6.07) is 0. The van der Waals surface area contributed by atoms with Gasteiger partial charge in [-0.3, -0.25) is 4.98 Å². The molecule has 2 aromatic rings. The maximum absolute atomic E-state index is 5.46. The summed E-state index contributed by atoms with van der Waals surface area (Å²) in [5, 5.41) is 1.37. The van der Waals surface area contributed by atoms with Gasteiger partial charge in [0.15, 0.2) is 5.16 Å². The Bertz CT molecular complexity index is 402. The summed E-state index contributed by atoms with van der Waals surface area (Å²) in [6.07, 6.45) is 8.02. The second-order valence-electron chi connectivity index (χ2n) is 2.44. The first-order valence-electron chi connectivity index (χ1n) is 3.86. The minimum absolute atomic E-state index is 0.550. The highest BCUT2D eigenvalue weighted by Gasteiger charge is 2.00. The van der Waals surface area contributed by atoms with Crippen molar-refractivity contribution in [1.29, 1.82) is 0 Å². The lowest BCUT2D eigenvalue weighted by molar-refractivity contribution is 0.958. The van der Waals surface area contributed by atoms with E-state index in [1.807, 2.05) is 0 Å². The van der Waals surface area contributed by atoms with Crippen LogP contribution in [-0.2, 0) is 0 Å². The van der Waals surface area contributed by atoms with Gasteiger partial charge in [-0.25, -0.2) is 15.0 Å². The Morgan fingerprint density at radius 2 is 1.79 bits per heavy atom. The van der Waals surface area contributed by atoms with E-state index in [4.69, 9.17) is 5.73 Å². The highest BCUT2D eigenvalue weighted by molar-refractivity contribution is 7.99. The predicted octanol–water partition coefficient (Wildman–Crippen LogP) is 1.00. The van der Waals surface area contributed by atoms with Crippen LogP contribution in [0.25, 0.3) is 0 Å². The van der Waals surface area contributed by atoms with E-state index >= 15 is 0 Å². The molecule has 0 amide bonds. The Kier molecular flexibility index (Phi) is 2.55. The fourth-order valence-electron chi connectivity index (χ4n) is 0.811. The average molecular weight is 205 g/mol. The molecule has 0 aromatic carbocycles. The van der Waals surface area contributed by atoms with Crippen LogP contribution in [0, 0.1) is 0 Å². The van der Waals surface area contributed by atoms with Crippen LogP contribution in [0.2, 0.25) is 0 Å². The van der Waals surface area contributed by atoms with Crippen LogP contribution in [0.1, 0.15) is 0 Å². The molecule has 0 radical (unpaired) electrons. The Labute approximate surface area is 84.8 Å². The number of aromatic nitrogens is 4. The molecular weight excluding hydrogens is 198 g/mol. The Morgan fingerprint density at radius 3 is 2.43 bits per heavy atom. The minimum Gasteiger partial charge on any atom is -0.396 e. The summed E-state index contributed by atoms with van der Waals surface area (Å²) in [6.45, 7) is 0. The van der Waals surface area contributed by atoms with E-state index in [9.17, 15) is 0 Å². The van der Waals surface area contributed by atoms with Crippen LogP contribution in [0.15, 0.2) is 41.2 Å². The number of anilines is 1. The monoisotopic (exact) mass is 205 g/mol. The molecule has 0 saturated heterocycles. The third-order valence-electron chi connectivity index (χ3n) is 1.38. The van der Waals surface area contributed by atoms with Crippen LogP contribution < -0.4 is 5.73 Å². The smallest absolute Gasteiger partial charge is 0.194 e. The molecule has 2 N–H and O–H groups in total. The van der Waals surface area contributed by atoms with Crippen molar-refractivity contribution in [2.75, 3.05) is 5.73 Å². The molecular formula is C8H7N5S. The van der Waals surface area contributed by atoms with E-state index < -0.39 is 0 Å². The van der Waals surface area contributed by atoms with Gasteiger partial charge in [-0.15, -0.1) is 0 Å². The third-order valence-corrected chi connectivity index (χ3v) is 2.20. The largest absolute Gasteiger partial charge is 0.396 e. The molecule has 6 heteroatoms.